The van der Waals surface area contributed by atoms with Gasteiger partial charge in [-0.25, -0.2) is 4.98 Å². The molecular weight excluding hydrogens is 202 g/mol. The first-order valence-electron chi connectivity index (χ1n) is 4.37. The Balaban J connectivity index is 2.46. The van der Waals surface area contributed by atoms with Gasteiger partial charge in [0.15, 0.2) is 5.82 Å². The molecule has 78 valence electrons. The van der Waals surface area contributed by atoms with E-state index in [0.29, 0.717) is 24.0 Å². The number of nitrogens with zero attached hydrogens (tertiary/aromatic N) is 2. The van der Waals surface area contributed by atoms with Crippen molar-refractivity contribution in [3.63, 3.8) is 0 Å². The number of hydrogen-bond donors (Lipinski definition) is 1. The van der Waals surface area contributed by atoms with Crippen LogP contribution in [0.2, 0.25) is 0 Å². The molecule has 0 aliphatic carbocycles. The van der Waals surface area contributed by atoms with Crippen molar-refractivity contribution in [3.8, 4) is 0 Å². The topological polar surface area (TPSA) is 64.1 Å². The van der Waals surface area contributed by atoms with Gasteiger partial charge in [-0.15, -0.1) is 0 Å². The molecule has 0 aliphatic rings. The molecule has 0 aliphatic heterocycles. The van der Waals surface area contributed by atoms with E-state index in [4.69, 9.17) is 4.74 Å². The maximum absolute atomic E-state index is 11.2. The number of aromatic nitrogens is 2. The van der Waals surface area contributed by atoms with Gasteiger partial charge in [-0.05, 0) is 6.42 Å². The van der Waals surface area contributed by atoms with Crippen molar-refractivity contribution in [1.82, 2.24) is 9.36 Å². The molecule has 1 aromatic heterocycles. The number of carbonyl (C=O) groups excluding carboxylic acids is 1. The third-order valence-electron chi connectivity index (χ3n) is 1.46. The Morgan fingerprint density at radius 1 is 1.64 bits per heavy atom. The van der Waals surface area contributed by atoms with E-state index in [1.54, 1.807) is 7.11 Å². The highest BCUT2D eigenvalue weighted by molar-refractivity contribution is 7.09. The molecule has 0 saturated heterocycles. The number of methoxy groups -OCH3 is 1. The first-order chi connectivity index (χ1) is 6.76. The van der Waals surface area contributed by atoms with E-state index < -0.39 is 0 Å². The quantitative estimate of drug-likeness (QED) is 0.806. The van der Waals surface area contributed by atoms with Gasteiger partial charge in [-0.1, -0.05) is 6.92 Å². The summed E-state index contributed by atoms with van der Waals surface area (Å²) in [5, 5.41) is 3.21. The fourth-order valence-electron chi connectivity index (χ4n) is 0.901. The molecule has 1 N–H and O–H groups in total. The van der Waals surface area contributed by atoms with E-state index in [1.165, 1.54) is 11.5 Å². The average Bonchev–Trinajstić information content (AvgIpc) is 2.53. The van der Waals surface area contributed by atoms with Crippen LogP contribution in [0.4, 0.5) is 5.13 Å². The molecule has 1 aromatic rings. The number of amides is 1. The van der Waals surface area contributed by atoms with Crippen LogP contribution in [-0.2, 0) is 16.1 Å². The van der Waals surface area contributed by atoms with Crippen LogP contribution in [-0.4, -0.2) is 22.4 Å². The normalized spacial score (nSPS) is 10.1. The number of carbonyl (C=O) groups is 1. The summed E-state index contributed by atoms with van der Waals surface area (Å²) in [5.74, 6) is 0.580. The van der Waals surface area contributed by atoms with E-state index in [-0.39, 0.29) is 5.91 Å². The fraction of sp³-hybridized carbons (Fsp3) is 0.625. The lowest BCUT2D eigenvalue weighted by Crippen LogP contribution is -2.10. The van der Waals surface area contributed by atoms with Gasteiger partial charge in [-0.3, -0.25) is 4.79 Å². The van der Waals surface area contributed by atoms with E-state index in [2.05, 4.69) is 14.7 Å². The molecule has 14 heavy (non-hydrogen) atoms. The predicted molar refractivity (Wildman–Crippen MR) is 54.2 cm³/mol. The van der Waals surface area contributed by atoms with Gasteiger partial charge in [0, 0.05) is 25.1 Å². The summed E-state index contributed by atoms with van der Waals surface area (Å²) in [7, 11) is 1.58. The van der Waals surface area contributed by atoms with Crippen LogP contribution in [0.3, 0.4) is 0 Å². The minimum absolute atomic E-state index is 0.0207. The zero-order valence-corrected chi connectivity index (χ0v) is 9.06. The number of ether oxygens (including phenoxy) is 1. The highest BCUT2D eigenvalue weighted by atomic mass is 32.1. The van der Waals surface area contributed by atoms with E-state index in [1.807, 2.05) is 6.92 Å². The molecular formula is C8H13N3O2S. The number of hydrogen-bond acceptors (Lipinski definition) is 5. The van der Waals surface area contributed by atoms with Crippen LogP contribution in [0, 0.1) is 0 Å². The standard InChI is InChI=1S/C8H13N3O2S/c1-3-4-7(12)10-8-9-6(5-13-2)11-14-8/h3-5H2,1-2H3,(H,9,10,11,12). The fourth-order valence-corrected chi connectivity index (χ4v) is 1.49. The third kappa shape index (κ3) is 3.39. The van der Waals surface area contributed by atoms with E-state index in [0.717, 1.165) is 6.42 Å². The maximum Gasteiger partial charge on any atom is 0.226 e. The Hall–Kier alpha value is -1.01. The lowest BCUT2D eigenvalue weighted by molar-refractivity contribution is -0.116. The first-order valence-corrected chi connectivity index (χ1v) is 5.15. The molecule has 0 saturated carbocycles. The van der Waals surface area contributed by atoms with Crippen molar-refractivity contribution in [2.45, 2.75) is 26.4 Å². The second-order valence-corrected chi connectivity index (χ2v) is 3.50. The second-order valence-electron chi connectivity index (χ2n) is 2.75. The largest absolute Gasteiger partial charge is 0.377 e. The van der Waals surface area contributed by atoms with Crippen LogP contribution in [0.5, 0.6) is 0 Å². The van der Waals surface area contributed by atoms with Gasteiger partial charge in [0.25, 0.3) is 0 Å². The second kappa shape index (κ2) is 5.66. The Morgan fingerprint density at radius 3 is 3.07 bits per heavy atom. The number of rotatable bonds is 5. The van der Waals surface area contributed by atoms with Crippen LogP contribution >= 0.6 is 11.5 Å². The van der Waals surface area contributed by atoms with Crippen LogP contribution in [0.1, 0.15) is 25.6 Å². The van der Waals surface area contributed by atoms with Gasteiger partial charge in [0.05, 0.1) is 0 Å². The summed E-state index contributed by atoms with van der Waals surface area (Å²) in [4.78, 5) is 15.2. The van der Waals surface area contributed by atoms with E-state index >= 15 is 0 Å². The van der Waals surface area contributed by atoms with Gasteiger partial charge in [-0.2, -0.15) is 4.37 Å². The molecule has 0 atom stereocenters. The molecule has 6 heteroatoms. The monoisotopic (exact) mass is 215 g/mol. The SMILES string of the molecule is CCCC(=O)Nc1nc(COC)ns1. The molecule has 1 amide bonds. The van der Waals surface area contributed by atoms with Gasteiger partial charge >= 0.3 is 0 Å². The minimum Gasteiger partial charge on any atom is -0.377 e. The van der Waals surface area contributed by atoms with Crippen LogP contribution in [0.15, 0.2) is 0 Å². The summed E-state index contributed by atoms with van der Waals surface area (Å²) in [6, 6.07) is 0. The Morgan fingerprint density at radius 2 is 2.43 bits per heavy atom. The van der Waals surface area contributed by atoms with Crippen molar-refractivity contribution >= 4 is 22.6 Å². The molecule has 0 bridgehead atoms. The van der Waals surface area contributed by atoms with Crippen molar-refractivity contribution in [2.75, 3.05) is 12.4 Å². The van der Waals surface area contributed by atoms with Gasteiger partial charge in [0.1, 0.15) is 6.61 Å². The summed E-state index contributed by atoms with van der Waals surface area (Å²) in [5.41, 5.74) is 0. The molecule has 0 fully saturated rings. The predicted octanol–water partition coefficient (Wildman–Crippen LogP) is 1.42. The lowest BCUT2D eigenvalue weighted by Gasteiger charge is -1.97. The molecule has 0 unspecified atom stereocenters. The maximum atomic E-state index is 11.2. The highest BCUT2D eigenvalue weighted by Gasteiger charge is 2.06. The number of anilines is 1. The van der Waals surface area contributed by atoms with Crippen molar-refractivity contribution in [3.05, 3.63) is 5.82 Å². The van der Waals surface area contributed by atoms with Gasteiger partial charge in [0.2, 0.25) is 11.0 Å². The zero-order valence-electron chi connectivity index (χ0n) is 8.24. The Bertz CT molecular complexity index is 301. The molecule has 0 radical (unpaired) electrons. The lowest BCUT2D eigenvalue weighted by atomic mass is 10.3. The number of nitrogens with one attached hydrogen (secondary N) is 1. The Kier molecular flexibility index (Phi) is 4.48. The molecule has 5 nitrogen and oxygen atoms in total. The summed E-state index contributed by atoms with van der Waals surface area (Å²) >= 11 is 1.17. The molecule has 0 spiro atoms. The Labute approximate surface area is 86.7 Å². The van der Waals surface area contributed by atoms with Crippen molar-refractivity contribution in [2.24, 2.45) is 0 Å². The van der Waals surface area contributed by atoms with Crippen molar-refractivity contribution in [1.29, 1.82) is 0 Å². The van der Waals surface area contributed by atoms with E-state index in [9.17, 15) is 4.79 Å². The first kappa shape index (κ1) is 11.1. The summed E-state index contributed by atoms with van der Waals surface area (Å²) in [6.07, 6.45) is 1.34. The van der Waals surface area contributed by atoms with Gasteiger partial charge < -0.3 is 10.1 Å². The zero-order chi connectivity index (χ0) is 10.4. The summed E-state index contributed by atoms with van der Waals surface area (Å²) < 4.78 is 8.87. The molecule has 1 rings (SSSR count). The van der Waals surface area contributed by atoms with Crippen LogP contribution in [0.25, 0.3) is 0 Å². The smallest absolute Gasteiger partial charge is 0.226 e. The average molecular weight is 215 g/mol. The summed E-state index contributed by atoms with van der Waals surface area (Å²) in [6.45, 7) is 2.33. The van der Waals surface area contributed by atoms with Crippen molar-refractivity contribution < 1.29 is 9.53 Å². The third-order valence-corrected chi connectivity index (χ3v) is 2.13. The van der Waals surface area contributed by atoms with Crippen LogP contribution < -0.4 is 5.32 Å². The highest BCUT2D eigenvalue weighted by Crippen LogP contribution is 2.11. The molecule has 1 heterocycles. The molecule has 0 aromatic carbocycles. The minimum atomic E-state index is -0.0207.